The van der Waals surface area contributed by atoms with Crippen LogP contribution in [0.4, 0.5) is 0 Å². The molecule has 0 aromatic rings. The quantitative estimate of drug-likeness (QED) is 0.0256. The zero-order valence-corrected chi connectivity index (χ0v) is 63.0. The molecule has 548 valence electrons. The maximum absolute atomic E-state index is 13.0. The van der Waals surface area contributed by atoms with Crippen LogP contribution in [0, 0.1) is 0 Å². The third-order valence-electron chi connectivity index (χ3n) is 19.6. The first-order valence-corrected chi connectivity index (χ1v) is 41.7. The number of carboxylic acids is 1. The molecule has 0 rings (SSSR count). The summed E-state index contributed by atoms with van der Waals surface area (Å²) >= 11 is 0. The molecule has 0 fully saturated rings. The number of nitrogens with zero attached hydrogens (tertiary/aromatic N) is 1. The molecular weight excluding hydrogens is 1140 g/mol. The topological polar surface area (TPSA) is 111 Å². The lowest BCUT2D eigenvalue weighted by Gasteiger charge is -2.26. The van der Waals surface area contributed by atoms with E-state index < -0.39 is 24.3 Å². The Bertz CT molecular complexity index is 1470. The Morgan fingerprint density at radius 2 is 0.489 bits per heavy atom. The van der Waals surface area contributed by atoms with Crippen molar-refractivity contribution in [2.75, 3.05) is 47.5 Å². The number of aliphatic carboxylic acids is 1. The molecule has 0 amide bonds. The fourth-order valence-corrected chi connectivity index (χ4v) is 13.3. The van der Waals surface area contributed by atoms with Crippen LogP contribution in [-0.4, -0.2) is 82.3 Å². The second-order valence-electron chi connectivity index (χ2n) is 30.1. The summed E-state index contributed by atoms with van der Waals surface area (Å²) in [6.07, 6.45) is 89.7. The van der Waals surface area contributed by atoms with E-state index in [0.717, 1.165) is 38.5 Å². The number of unbranched alkanes of at least 4 members (excludes halogenated alkanes) is 65. The Kier molecular flexibility index (Phi) is 73.7. The van der Waals surface area contributed by atoms with E-state index in [1.807, 2.05) is 21.1 Å². The molecule has 0 aliphatic carbocycles. The third kappa shape index (κ3) is 75.7. The lowest BCUT2D eigenvalue weighted by Crippen LogP contribution is -2.44. The van der Waals surface area contributed by atoms with Gasteiger partial charge in [0.05, 0.1) is 40.3 Å². The summed E-state index contributed by atoms with van der Waals surface area (Å²) in [5.41, 5.74) is 0. The molecule has 2 unspecified atom stereocenters. The average molecular weight is 1300 g/mol. The van der Waals surface area contributed by atoms with E-state index in [1.165, 1.54) is 392 Å². The number of esters is 2. The van der Waals surface area contributed by atoms with E-state index in [1.54, 1.807) is 0 Å². The number of hydrogen-bond acceptors (Lipinski definition) is 8. The van der Waals surface area contributed by atoms with Crippen LogP contribution in [-0.2, 0) is 33.3 Å². The molecule has 9 nitrogen and oxygen atoms in total. The van der Waals surface area contributed by atoms with Gasteiger partial charge in [-0.3, -0.25) is 9.59 Å². The van der Waals surface area contributed by atoms with Gasteiger partial charge < -0.3 is 33.3 Å². The fourth-order valence-electron chi connectivity index (χ4n) is 13.3. The van der Waals surface area contributed by atoms with Gasteiger partial charge in [0.15, 0.2) is 12.4 Å². The van der Waals surface area contributed by atoms with Crippen LogP contribution in [0.25, 0.3) is 0 Å². The van der Waals surface area contributed by atoms with Gasteiger partial charge in [-0.05, 0) is 12.8 Å². The zero-order chi connectivity index (χ0) is 66.8. The molecule has 0 bridgehead atoms. The van der Waals surface area contributed by atoms with Crippen LogP contribution in [0.15, 0.2) is 0 Å². The predicted molar refractivity (Wildman–Crippen MR) is 394 cm³/mol. The minimum absolute atomic E-state index is 0.154. The molecular formula is C83H163NO8. The molecule has 0 aliphatic heterocycles. The van der Waals surface area contributed by atoms with Crippen molar-refractivity contribution >= 4 is 17.9 Å². The Morgan fingerprint density at radius 1 is 0.283 bits per heavy atom. The van der Waals surface area contributed by atoms with Gasteiger partial charge in [-0.1, -0.05) is 431 Å². The van der Waals surface area contributed by atoms with Crippen molar-refractivity contribution in [3.8, 4) is 0 Å². The first-order valence-electron chi connectivity index (χ1n) is 41.7. The number of carbonyl (C=O) groups excluding carboxylic acids is 3. The first kappa shape index (κ1) is 90.3. The minimum atomic E-state index is -1.62. The maximum atomic E-state index is 13.0. The molecule has 9 heteroatoms. The van der Waals surface area contributed by atoms with Gasteiger partial charge in [0.25, 0.3) is 0 Å². The van der Waals surface area contributed by atoms with Crippen LogP contribution in [0.2, 0.25) is 0 Å². The van der Waals surface area contributed by atoms with Crippen molar-refractivity contribution in [1.82, 2.24) is 0 Å². The Morgan fingerprint density at radius 3 is 0.696 bits per heavy atom. The van der Waals surface area contributed by atoms with E-state index in [9.17, 15) is 19.5 Å². The monoisotopic (exact) mass is 1300 g/mol. The highest BCUT2D eigenvalue weighted by molar-refractivity contribution is 5.70. The molecule has 0 spiro atoms. The van der Waals surface area contributed by atoms with Crippen LogP contribution in [0.1, 0.15) is 457 Å². The van der Waals surface area contributed by atoms with Gasteiger partial charge in [0.1, 0.15) is 13.2 Å². The molecule has 0 saturated carbocycles. The van der Waals surface area contributed by atoms with Crippen molar-refractivity contribution in [3.63, 3.8) is 0 Å². The number of carboxylic acid groups (broad SMARTS) is 1. The van der Waals surface area contributed by atoms with Crippen molar-refractivity contribution in [3.05, 3.63) is 0 Å². The van der Waals surface area contributed by atoms with Crippen LogP contribution in [0.5, 0.6) is 0 Å². The van der Waals surface area contributed by atoms with Gasteiger partial charge in [-0.15, -0.1) is 0 Å². The second-order valence-corrected chi connectivity index (χ2v) is 30.1. The molecule has 0 N–H and O–H groups in total. The maximum Gasteiger partial charge on any atom is 0.306 e. The summed E-state index contributed by atoms with van der Waals surface area (Å²) in [6, 6.07) is 0. The molecule has 0 heterocycles. The highest BCUT2D eigenvalue weighted by Crippen LogP contribution is 2.21. The number of quaternary nitrogens is 1. The molecule has 0 aliphatic rings. The summed E-state index contributed by atoms with van der Waals surface area (Å²) in [5.74, 6) is -2.24. The Balaban J connectivity index is 3.92. The highest BCUT2D eigenvalue weighted by Gasteiger charge is 2.22. The standard InChI is InChI=1S/C83H163NO8/c1-6-8-10-12-14-16-18-20-22-24-26-28-30-32-34-36-38-40-41-42-44-46-48-50-52-54-56-58-60-62-64-66-68-70-72-74-81(86)92-79(78-91-83(82(87)88)89-76-75-84(3,4)5)77-90-80(85)73-71-69-67-65-63-61-59-57-55-53-51-49-47-45-43-39-37-35-33-31-29-27-25-23-21-19-17-15-13-11-9-7-2/h79,83H,6-78H2,1-5H3. The average Bonchev–Trinajstić information content (AvgIpc) is 3.70. The van der Waals surface area contributed by atoms with Crippen molar-refractivity contribution in [1.29, 1.82) is 0 Å². The lowest BCUT2D eigenvalue weighted by molar-refractivity contribution is -0.870. The number of ether oxygens (including phenoxy) is 4. The van der Waals surface area contributed by atoms with Crippen molar-refractivity contribution in [2.24, 2.45) is 0 Å². The Hall–Kier alpha value is -1.71. The normalized spacial score (nSPS) is 12.5. The summed E-state index contributed by atoms with van der Waals surface area (Å²) in [4.78, 5) is 37.6. The first-order chi connectivity index (χ1) is 45.1. The van der Waals surface area contributed by atoms with E-state index in [4.69, 9.17) is 18.9 Å². The summed E-state index contributed by atoms with van der Waals surface area (Å²) in [7, 11) is 5.96. The molecule has 0 radical (unpaired) electrons. The molecule has 92 heavy (non-hydrogen) atoms. The number of rotatable bonds is 80. The fraction of sp³-hybridized carbons (Fsp3) is 0.964. The summed E-state index contributed by atoms with van der Waals surface area (Å²) < 4.78 is 22.9. The number of likely N-dealkylation sites (N-methyl/N-ethyl adjacent to an activating group) is 1. The third-order valence-corrected chi connectivity index (χ3v) is 19.6. The van der Waals surface area contributed by atoms with Gasteiger partial charge in [0, 0.05) is 12.8 Å². The van der Waals surface area contributed by atoms with E-state index in [-0.39, 0.29) is 32.2 Å². The SMILES string of the molecule is CCCCCCCCCCCCCCCCCCCCCCCCCCCCCCCCCCCCCC(=O)OC(COC(=O)CCCCCCCCCCCCCCCCCCCCCCCCCCCCCCCCCC)COC(OCC[N+](C)(C)C)C(=O)[O-]. The van der Waals surface area contributed by atoms with Crippen molar-refractivity contribution in [2.45, 2.75) is 469 Å². The molecule has 2 atom stereocenters. The number of carbonyl (C=O) groups is 3. The lowest BCUT2D eigenvalue weighted by atomic mass is 10.0. The summed E-state index contributed by atoms with van der Waals surface area (Å²) in [6.45, 7) is 4.86. The van der Waals surface area contributed by atoms with Gasteiger partial charge in [-0.2, -0.15) is 0 Å². The highest BCUT2D eigenvalue weighted by atomic mass is 16.7. The van der Waals surface area contributed by atoms with E-state index in [2.05, 4.69) is 13.8 Å². The van der Waals surface area contributed by atoms with Gasteiger partial charge in [0.2, 0.25) is 0 Å². The summed E-state index contributed by atoms with van der Waals surface area (Å²) in [5, 5.41) is 11.9. The zero-order valence-electron chi connectivity index (χ0n) is 63.0. The minimum Gasteiger partial charge on any atom is -0.545 e. The van der Waals surface area contributed by atoms with Gasteiger partial charge >= 0.3 is 11.9 Å². The van der Waals surface area contributed by atoms with Crippen LogP contribution < -0.4 is 5.11 Å². The van der Waals surface area contributed by atoms with E-state index >= 15 is 0 Å². The van der Waals surface area contributed by atoms with E-state index in [0.29, 0.717) is 17.4 Å². The van der Waals surface area contributed by atoms with Crippen LogP contribution >= 0.6 is 0 Å². The largest absolute Gasteiger partial charge is 0.545 e. The van der Waals surface area contributed by atoms with Crippen molar-refractivity contribution < 1.29 is 42.9 Å². The Labute approximate surface area is 574 Å². The second kappa shape index (κ2) is 75.1. The van der Waals surface area contributed by atoms with Gasteiger partial charge in [-0.25, -0.2) is 0 Å². The smallest absolute Gasteiger partial charge is 0.306 e. The predicted octanol–water partition coefficient (Wildman–Crippen LogP) is 25.2. The molecule has 0 aromatic heterocycles. The molecule has 0 aromatic carbocycles. The van der Waals surface area contributed by atoms with Crippen LogP contribution in [0.3, 0.4) is 0 Å². The molecule has 0 saturated heterocycles. The number of hydrogen-bond donors (Lipinski definition) is 0.